The number of nitrogens with zero attached hydrogens (tertiary/aromatic N) is 2. The largest absolute Gasteiger partial charge is 0.368 e. The standard InChI is InChI=1S/C8H7F4N3S/c1-4-5(2-13)6(16-15-4)14-3-8(11,12)7(9)10/h7,14H,3H2,1H3. The van der Waals surface area contributed by atoms with Crippen molar-refractivity contribution in [2.24, 2.45) is 0 Å². The van der Waals surface area contributed by atoms with Crippen molar-refractivity contribution >= 4 is 16.5 Å². The lowest BCUT2D eigenvalue weighted by molar-refractivity contribution is -0.117. The van der Waals surface area contributed by atoms with Gasteiger partial charge in [-0.25, -0.2) is 8.78 Å². The SMILES string of the molecule is Cc1nsc(NCC(F)(F)C(F)F)c1C#N. The fourth-order valence-electron chi connectivity index (χ4n) is 0.897. The van der Waals surface area contributed by atoms with Crippen LogP contribution in [-0.4, -0.2) is 23.3 Å². The molecule has 0 fully saturated rings. The second-order valence-corrected chi connectivity index (χ2v) is 3.77. The number of aryl methyl sites for hydroxylation is 1. The fourth-order valence-corrected chi connectivity index (χ4v) is 1.64. The number of aromatic nitrogens is 1. The van der Waals surface area contributed by atoms with E-state index >= 15 is 0 Å². The van der Waals surface area contributed by atoms with Gasteiger partial charge in [0.1, 0.15) is 16.6 Å². The van der Waals surface area contributed by atoms with Gasteiger partial charge in [0.25, 0.3) is 0 Å². The molecule has 1 N–H and O–H groups in total. The van der Waals surface area contributed by atoms with Gasteiger partial charge >= 0.3 is 12.3 Å². The maximum atomic E-state index is 12.6. The van der Waals surface area contributed by atoms with E-state index in [1.807, 2.05) is 0 Å². The summed E-state index contributed by atoms with van der Waals surface area (Å²) in [7, 11) is 0. The minimum atomic E-state index is -4.12. The lowest BCUT2D eigenvalue weighted by Crippen LogP contribution is -2.34. The number of nitriles is 1. The van der Waals surface area contributed by atoms with Gasteiger partial charge in [-0.05, 0) is 18.5 Å². The summed E-state index contributed by atoms with van der Waals surface area (Å²) in [4.78, 5) is 0. The second-order valence-electron chi connectivity index (χ2n) is 3.00. The van der Waals surface area contributed by atoms with E-state index in [1.165, 1.54) is 6.92 Å². The third kappa shape index (κ3) is 2.61. The molecule has 0 aliphatic heterocycles. The number of hydrogen-bond acceptors (Lipinski definition) is 4. The highest BCUT2D eigenvalue weighted by Crippen LogP contribution is 2.27. The van der Waals surface area contributed by atoms with E-state index < -0.39 is 18.9 Å². The molecule has 0 aliphatic carbocycles. The topological polar surface area (TPSA) is 48.7 Å². The molecule has 0 radical (unpaired) electrons. The maximum Gasteiger partial charge on any atom is 0.324 e. The highest BCUT2D eigenvalue weighted by atomic mass is 32.1. The van der Waals surface area contributed by atoms with Crippen molar-refractivity contribution in [3.8, 4) is 6.07 Å². The average Bonchev–Trinajstić information content (AvgIpc) is 2.56. The van der Waals surface area contributed by atoms with Gasteiger partial charge in [0.2, 0.25) is 0 Å². The average molecular weight is 253 g/mol. The zero-order chi connectivity index (χ0) is 12.3. The van der Waals surface area contributed by atoms with E-state index in [2.05, 4.69) is 9.69 Å². The first kappa shape index (κ1) is 12.7. The first-order chi connectivity index (χ1) is 7.38. The molecule has 0 aliphatic rings. The minimum Gasteiger partial charge on any atom is -0.368 e. The Kier molecular flexibility index (Phi) is 3.70. The zero-order valence-corrected chi connectivity index (χ0v) is 8.92. The van der Waals surface area contributed by atoms with Crippen molar-refractivity contribution in [2.45, 2.75) is 19.3 Å². The number of halogens is 4. The molecule has 3 nitrogen and oxygen atoms in total. The van der Waals surface area contributed by atoms with Gasteiger partial charge in [-0.1, -0.05) is 0 Å². The molecule has 0 atom stereocenters. The fraction of sp³-hybridized carbons (Fsp3) is 0.500. The Morgan fingerprint density at radius 3 is 2.69 bits per heavy atom. The summed E-state index contributed by atoms with van der Waals surface area (Å²) in [6.07, 6.45) is -3.74. The predicted molar refractivity (Wildman–Crippen MR) is 51.0 cm³/mol. The Morgan fingerprint density at radius 1 is 1.56 bits per heavy atom. The summed E-state index contributed by atoms with van der Waals surface area (Å²) < 4.78 is 52.6. The molecule has 0 aromatic carbocycles. The van der Waals surface area contributed by atoms with Gasteiger partial charge in [-0.15, -0.1) is 0 Å². The highest BCUT2D eigenvalue weighted by Gasteiger charge is 2.40. The van der Waals surface area contributed by atoms with Gasteiger partial charge in [0.15, 0.2) is 0 Å². The van der Waals surface area contributed by atoms with Crippen LogP contribution in [0.1, 0.15) is 11.3 Å². The smallest absolute Gasteiger partial charge is 0.324 e. The predicted octanol–water partition coefficient (Wildman–Crippen LogP) is 2.64. The minimum absolute atomic E-state index is 0.0836. The Morgan fingerprint density at radius 2 is 2.19 bits per heavy atom. The Bertz CT molecular complexity index is 410. The van der Waals surface area contributed by atoms with Crippen LogP contribution >= 0.6 is 11.5 Å². The quantitative estimate of drug-likeness (QED) is 0.839. The van der Waals surface area contributed by atoms with Crippen LogP contribution in [0.25, 0.3) is 0 Å². The number of rotatable bonds is 4. The molecule has 1 aromatic heterocycles. The van der Waals surface area contributed by atoms with Crippen molar-refractivity contribution in [1.82, 2.24) is 4.37 Å². The number of anilines is 1. The molecule has 0 unspecified atom stereocenters. The van der Waals surface area contributed by atoms with Crippen LogP contribution in [0.15, 0.2) is 0 Å². The van der Waals surface area contributed by atoms with Crippen molar-refractivity contribution in [1.29, 1.82) is 5.26 Å². The number of hydrogen-bond donors (Lipinski definition) is 1. The molecule has 1 aromatic rings. The highest BCUT2D eigenvalue weighted by molar-refractivity contribution is 7.10. The monoisotopic (exact) mass is 253 g/mol. The van der Waals surface area contributed by atoms with Crippen molar-refractivity contribution in [2.75, 3.05) is 11.9 Å². The molecular formula is C8H7F4N3S. The van der Waals surface area contributed by atoms with Gasteiger partial charge < -0.3 is 5.32 Å². The van der Waals surface area contributed by atoms with Gasteiger partial charge in [0, 0.05) is 0 Å². The summed E-state index contributed by atoms with van der Waals surface area (Å²) in [5.41, 5.74) is 0.491. The van der Waals surface area contributed by atoms with Crippen LogP contribution in [-0.2, 0) is 0 Å². The molecule has 1 rings (SSSR count). The van der Waals surface area contributed by atoms with Crippen LogP contribution in [0.3, 0.4) is 0 Å². The Balaban J connectivity index is 2.73. The van der Waals surface area contributed by atoms with Gasteiger partial charge in [0.05, 0.1) is 12.2 Å². The van der Waals surface area contributed by atoms with E-state index in [-0.39, 0.29) is 10.6 Å². The summed E-state index contributed by atoms with van der Waals surface area (Å²) in [5.74, 6) is -4.12. The van der Waals surface area contributed by atoms with Crippen LogP contribution in [0, 0.1) is 18.3 Å². The second kappa shape index (κ2) is 4.65. The van der Waals surface area contributed by atoms with E-state index in [0.717, 1.165) is 11.5 Å². The Hall–Kier alpha value is -1.36. The molecular weight excluding hydrogens is 246 g/mol. The normalized spacial score (nSPS) is 11.6. The van der Waals surface area contributed by atoms with Crippen LogP contribution in [0.5, 0.6) is 0 Å². The van der Waals surface area contributed by atoms with E-state index in [0.29, 0.717) is 5.69 Å². The third-order valence-electron chi connectivity index (χ3n) is 1.78. The molecule has 88 valence electrons. The molecule has 0 saturated heterocycles. The first-order valence-corrected chi connectivity index (χ1v) is 4.92. The first-order valence-electron chi connectivity index (χ1n) is 4.14. The lowest BCUT2D eigenvalue weighted by atomic mass is 10.2. The maximum absolute atomic E-state index is 12.6. The molecule has 0 saturated carbocycles. The molecule has 16 heavy (non-hydrogen) atoms. The van der Waals surface area contributed by atoms with Crippen LogP contribution in [0.2, 0.25) is 0 Å². The lowest BCUT2D eigenvalue weighted by Gasteiger charge is -2.15. The van der Waals surface area contributed by atoms with Crippen molar-refractivity contribution in [3.05, 3.63) is 11.3 Å². The Labute approximate surface area is 92.9 Å². The summed E-state index contributed by atoms with van der Waals surface area (Å²) in [6, 6.07) is 1.76. The third-order valence-corrected chi connectivity index (χ3v) is 2.67. The van der Waals surface area contributed by atoms with Crippen molar-refractivity contribution < 1.29 is 17.6 Å². The number of nitrogens with one attached hydrogen (secondary N) is 1. The van der Waals surface area contributed by atoms with Gasteiger partial charge in [-0.3, -0.25) is 0 Å². The molecule has 0 spiro atoms. The van der Waals surface area contributed by atoms with Gasteiger partial charge in [-0.2, -0.15) is 18.4 Å². The molecule has 0 bridgehead atoms. The zero-order valence-electron chi connectivity index (χ0n) is 8.10. The molecule has 0 amide bonds. The van der Waals surface area contributed by atoms with Crippen molar-refractivity contribution in [3.63, 3.8) is 0 Å². The molecule has 8 heteroatoms. The summed E-state index contributed by atoms with van der Waals surface area (Å²) in [6.45, 7) is 0.312. The summed E-state index contributed by atoms with van der Waals surface area (Å²) in [5, 5.41) is 10.9. The summed E-state index contributed by atoms with van der Waals surface area (Å²) >= 11 is 0.791. The van der Waals surface area contributed by atoms with E-state index in [9.17, 15) is 17.6 Å². The van der Waals surface area contributed by atoms with Crippen LogP contribution < -0.4 is 5.32 Å². The number of alkyl halides is 4. The van der Waals surface area contributed by atoms with Crippen LogP contribution in [0.4, 0.5) is 22.6 Å². The van der Waals surface area contributed by atoms with E-state index in [1.54, 1.807) is 6.07 Å². The van der Waals surface area contributed by atoms with E-state index in [4.69, 9.17) is 5.26 Å². The molecule has 1 heterocycles.